The topological polar surface area (TPSA) is 12.4 Å². The van der Waals surface area contributed by atoms with E-state index in [9.17, 15) is 0 Å². The number of hydrogen-bond donors (Lipinski definition) is 0. The summed E-state index contributed by atoms with van der Waals surface area (Å²) < 4.78 is 0. The zero-order valence-electron chi connectivity index (χ0n) is 8.83. The van der Waals surface area contributed by atoms with Gasteiger partial charge in [-0.1, -0.05) is 43.7 Å². The first-order valence-electron chi connectivity index (χ1n) is 4.57. The summed E-state index contributed by atoms with van der Waals surface area (Å²) in [5.41, 5.74) is 2.66. The van der Waals surface area contributed by atoms with E-state index in [2.05, 4.69) is 50.0 Å². The number of hydrogen-bond acceptors (Lipinski definition) is 1. The molecule has 0 aromatic heterocycles. The van der Waals surface area contributed by atoms with Crippen LogP contribution < -0.4 is 0 Å². The molecule has 13 heavy (non-hydrogen) atoms. The Labute approximate surface area is 80.5 Å². The molecule has 1 nitrogen and oxygen atoms in total. The summed E-state index contributed by atoms with van der Waals surface area (Å²) in [4.78, 5) is 4.09. The Hall–Kier alpha value is -1.11. The molecule has 1 aromatic rings. The van der Waals surface area contributed by atoms with Crippen LogP contribution in [0.2, 0.25) is 0 Å². The second-order valence-electron chi connectivity index (χ2n) is 3.98. The summed E-state index contributed by atoms with van der Waals surface area (Å²) in [7, 11) is 1.82. The van der Waals surface area contributed by atoms with Crippen molar-refractivity contribution in [1.82, 2.24) is 0 Å². The van der Waals surface area contributed by atoms with E-state index >= 15 is 0 Å². The van der Waals surface area contributed by atoms with Gasteiger partial charge in [0.05, 0.1) is 0 Å². The van der Waals surface area contributed by atoms with Gasteiger partial charge in [0.1, 0.15) is 0 Å². The maximum atomic E-state index is 4.09. The lowest BCUT2D eigenvalue weighted by Crippen LogP contribution is -2.18. The standard InChI is InChI=1S/C12H17N/c1-10-6-5-7-11(8-10)12(2,3)9-13-4/h5-9H,1-4H3/b13-9+. The van der Waals surface area contributed by atoms with Crippen LogP contribution in [0.25, 0.3) is 0 Å². The van der Waals surface area contributed by atoms with Gasteiger partial charge >= 0.3 is 0 Å². The van der Waals surface area contributed by atoms with Gasteiger partial charge in [-0.2, -0.15) is 0 Å². The van der Waals surface area contributed by atoms with E-state index in [1.54, 1.807) is 0 Å². The number of aliphatic imine (C=N–C) groups is 1. The van der Waals surface area contributed by atoms with Crippen molar-refractivity contribution in [2.24, 2.45) is 4.99 Å². The number of rotatable bonds is 2. The van der Waals surface area contributed by atoms with E-state index in [-0.39, 0.29) is 5.41 Å². The molecule has 0 radical (unpaired) electrons. The molecule has 0 aliphatic carbocycles. The normalized spacial score (nSPS) is 12.3. The minimum absolute atomic E-state index is 0.0424. The lowest BCUT2D eigenvalue weighted by molar-refractivity contribution is 0.732. The molecule has 0 aliphatic heterocycles. The second-order valence-corrected chi connectivity index (χ2v) is 3.98. The van der Waals surface area contributed by atoms with Crippen LogP contribution in [0, 0.1) is 6.92 Å². The molecule has 0 N–H and O–H groups in total. The Kier molecular flexibility index (Phi) is 2.86. The maximum Gasteiger partial charge on any atom is 0.0273 e. The first-order valence-corrected chi connectivity index (χ1v) is 4.57. The summed E-state index contributed by atoms with van der Waals surface area (Å²) >= 11 is 0. The van der Waals surface area contributed by atoms with Crippen LogP contribution in [0.15, 0.2) is 29.3 Å². The van der Waals surface area contributed by atoms with Gasteiger partial charge < -0.3 is 0 Å². The molecule has 0 unspecified atom stereocenters. The molecule has 0 bridgehead atoms. The van der Waals surface area contributed by atoms with E-state index in [0.717, 1.165) is 0 Å². The zero-order chi connectivity index (χ0) is 9.90. The van der Waals surface area contributed by atoms with Crippen molar-refractivity contribution < 1.29 is 0 Å². The summed E-state index contributed by atoms with van der Waals surface area (Å²) in [6.45, 7) is 6.46. The maximum absolute atomic E-state index is 4.09. The number of nitrogens with zero attached hydrogens (tertiary/aromatic N) is 1. The van der Waals surface area contributed by atoms with Crippen LogP contribution in [-0.4, -0.2) is 13.3 Å². The largest absolute Gasteiger partial charge is 0.300 e. The van der Waals surface area contributed by atoms with Crippen molar-refractivity contribution in [2.45, 2.75) is 26.2 Å². The van der Waals surface area contributed by atoms with Crippen molar-refractivity contribution in [3.8, 4) is 0 Å². The molecule has 70 valence electrons. The minimum Gasteiger partial charge on any atom is -0.300 e. The molecule has 0 saturated heterocycles. The molecular weight excluding hydrogens is 158 g/mol. The average molecular weight is 175 g/mol. The highest BCUT2D eigenvalue weighted by molar-refractivity contribution is 5.72. The summed E-state index contributed by atoms with van der Waals surface area (Å²) in [6.07, 6.45) is 1.99. The molecule has 0 atom stereocenters. The molecule has 1 rings (SSSR count). The third-order valence-electron chi connectivity index (χ3n) is 2.21. The van der Waals surface area contributed by atoms with Crippen LogP contribution in [0.4, 0.5) is 0 Å². The van der Waals surface area contributed by atoms with Gasteiger partial charge in [0.15, 0.2) is 0 Å². The Balaban J connectivity index is 3.07. The van der Waals surface area contributed by atoms with Gasteiger partial charge in [-0.25, -0.2) is 0 Å². The highest BCUT2D eigenvalue weighted by atomic mass is 14.6. The van der Waals surface area contributed by atoms with Gasteiger partial charge in [0.2, 0.25) is 0 Å². The fourth-order valence-corrected chi connectivity index (χ4v) is 1.44. The molecule has 0 fully saturated rings. The van der Waals surface area contributed by atoms with Crippen LogP contribution in [-0.2, 0) is 5.41 Å². The SMILES string of the molecule is C/N=C/C(C)(C)c1cccc(C)c1. The predicted molar refractivity (Wildman–Crippen MR) is 58.6 cm³/mol. The van der Waals surface area contributed by atoms with Crippen LogP contribution in [0.3, 0.4) is 0 Å². The average Bonchev–Trinajstić information content (AvgIpc) is 2.04. The van der Waals surface area contributed by atoms with E-state index in [1.807, 2.05) is 13.3 Å². The predicted octanol–water partition coefficient (Wildman–Crippen LogP) is 2.97. The van der Waals surface area contributed by atoms with Crippen molar-refractivity contribution in [3.05, 3.63) is 35.4 Å². The van der Waals surface area contributed by atoms with Gasteiger partial charge in [-0.3, -0.25) is 4.99 Å². The first kappa shape index (κ1) is 9.97. The van der Waals surface area contributed by atoms with Crippen molar-refractivity contribution >= 4 is 6.21 Å². The zero-order valence-corrected chi connectivity index (χ0v) is 8.83. The Morgan fingerprint density at radius 1 is 1.31 bits per heavy atom. The minimum atomic E-state index is 0.0424. The van der Waals surface area contributed by atoms with E-state index < -0.39 is 0 Å². The summed E-state index contributed by atoms with van der Waals surface area (Å²) in [5.74, 6) is 0. The smallest absolute Gasteiger partial charge is 0.0273 e. The molecule has 0 saturated carbocycles. The van der Waals surface area contributed by atoms with Crippen molar-refractivity contribution in [1.29, 1.82) is 0 Å². The van der Waals surface area contributed by atoms with E-state index in [0.29, 0.717) is 0 Å². The molecule has 0 amide bonds. The third kappa shape index (κ3) is 2.41. The van der Waals surface area contributed by atoms with Crippen LogP contribution in [0.5, 0.6) is 0 Å². The lowest BCUT2D eigenvalue weighted by Gasteiger charge is -2.20. The Morgan fingerprint density at radius 2 is 2.00 bits per heavy atom. The lowest BCUT2D eigenvalue weighted by atomic mass is 9.85. The van der Waals surface area contributed by atoms with Gasteiger partial charge in [-0.05, 0) is 12.5 Å². The molecule has 1 heteroatoms. The van der Waals surface area contributed by atoms with E-state index in [1.165, 1.54) is 11.1 Å². The summed E-state index contributed by atoms with van der Waals surface area (Å²) in [5, 5.41) is 0. The van der Waals surface area contributed by atoms with E-state index in [4.69, 9.17) is 0 Å². The first-order chi connectivity index (χ1) is 6.06. The van der Waals surface area contributed by atoms with Crippen molar-refractivity contribution in [3.63, 3.8) is 0 Å². The second kappa shape index (κ2) is 3.73. The fourth-order valence-electron chi connectivity index (χ4n) is 1.44. The molecule has 0 aliphatic rings. The number of benzene rings is 1. The van der Waals surface area contributed by atoms with Crippen LogP contribution >= 0.6 is 0 Å². The Bertz CT molecular complexity index is 311. The molecular formula is C12H17N. The number of aryl methyl sites for hydroxylation is 1. The van der Waals surface area contributed by atoms with Gasteiger partial charge in [-0.15, -0.1) is 0 Å². The third-order valence-corrected chi connectivity index (χ3v) is 2.21. The highest BCUT2D eigenvalue weighted by Gasteiger charge is 2.16. The molecule has 0 heterocycles. The molecule has 0 spiro atoms. The van der Waals surface area contributed by atoms with Gasteiger partial charge in [0, 0.05) is 18.7 Å². The highest BCUT2D eigenvalue weighted by Crippen LogP contribution is 2.21. The quantitative estimate of drug-likeness (QED) is 0.613. The monoisotopic (exact) mass is 175 g/mol. The molecule has 1 aromatic carbocycles. The van der Waals surface area contributed by atoms with Crippen molar-refractivity contribution in [2.75, 3.05) is 7.05 Å². The van der Waals surface area contributed by atoms with Crippen LogP contribution in [0.1, 0.15) is 25.0 Å². The van der Waals surface area contributed by atoms with Gasteiger partial charge in [0.25, 0.3) is 0 Å². The summed E-state index contributed by atoms with van der Waals surface area (Å²) in [6, 6.07) is 8.56. The Morgan fingerprint density at radius 3 is 2.54 bits per heavy atom. The fraction of sp³-hybridized carbons (Fsp3) is 0.417.